The first kappa shape index (κ1) is 15.5. The molecule has 0 radical (unpaired) electrons. The maximum Gasteiger partial charge on any atom is 0.0826 e. The number of nitrogens with one attached hydrogen (secondary N) is 1. The van der Waals surface area contributed by atoms with Crippen molar-refractivity contribution in [3.05, 3.63) is 35.4 Å². The lowest BCUT2D eigenvalue weighted by molar-refractivity contribution is -0.0393. The molecule has 1 fully saturated rings. The molecule has 0 spiro atoms. The second kappa shape index (κ2) is 7.21. The second-order valence-electron chi connectivity index (χ2n) is 6.04. The van der Waals surface area contributed by atoms with Crippen molar-refractivity contribution in [3.63, 3.8) is 0 Å². The van der Waals surface area contributed by atoms with Gasteiger partial charge in [-0.3, -0.25) is 4.90 Å². The van der Waals surface area contributed by atoms with Gasteiger partial charge in [0.1, 0.15) is 0 Å². The zero-order valence-electron chi connectivity index (χ0n) is 13.2. The van der Waals surface area contributed by atoms with Crippen molar-refractivity contribution in [3.8, 4) is 0 Å². The van der Waals surface area contributed by atoms with Gasteiger partial charge in [-0.2, -0.15) is 0 Å². The van der Waals surface area contributed by atoms with Crippen molar-refractivity contribution in [2.75, 3.05) is 33.3 Å². The monoisotopic (exact) mass is 276 g/mol. The third-order valence-corrected chi connectivity index (χ3v) is 4.24. The van der Waals surface area contributed by atoms with Gasteiger partial charge in [-0.15, -0.1) is 0 Å². The van der Waals surface area contributed by atoms with Crippen LogP contribution in [0.3, 0.4) is 0 Å². The summed E-state index contributed by atoms with van der Waals surface area (Å²) >= 11 is 0. The summed E-state index contributed by atoms with van der Waals surface area (Å²) in [4.78, 5) is 2.52. The first-order chi connectivity index (χ1) is 9.61. The van der Waals surface area contributed by atoms with Gasteiger partial charge >= 0.3 is 0 Å². The van der Waals surface area contributed by atoms with Gasteiger partial charge in [0.15, 0.2) is 0 Å². The molecule has 1 aliphatic rings. The number of likely N-dealkylation sites (N-methyl/N-ethyl adjacent to an activating group) is 1. The number of ether oxygens (including phenoxy) is 1. The first-order valence-electron chi connectivity index (χ1n) is 7.72. The van der Waals surface area contributed by atoms with E-state index in [0.717, 1.165) is 26.2 Å². The van der Waals surface area contributed by atoms with Gasteiger partial charge in [0.25, 0.3) is 0 Å². The lowest BCUT2D eigenvalue weighted by Crippen LogP contribution is -2.46. The predicted octanol–water partition coefficient (Wildman–Crippen LogP) is 2.79. The standard InChI is InChI=1S/C17H28N2O/c1-13(2)15-5-7-16(8-6-15)14(3)19-9-10-20-17(12-19)11-18-4/h5-8,13-14,17-18H,9-12H2,1-4H3. The van der Waals surface area contributed by atoms with Crippen LogP contribution in [-0.4, -0.2) is 44.3 Å². The molecule has 2 atom stereocenters. The van der Waals surface area contributed by atoms with Crippen LogP contribution in [0.2, 0.25) is 0 Å². The van der Waals surface area contributed by atoms with E-state index in [2.05, 4.69) is 55.3 Å². The molecule has 1 heterocycles. The maximum atomic E-state index is 5.78. The van der Waals surface area contributed by atoms with Crippen molar-refractivity contribution in [1.29, 1.82) is 0 Å². The van der Waals surface area contributed by atoms with Crippen LogP contribution in [0.25, 0.3) is 0 Å². The molecule has 3 nitrogen and oxygen atoms in total. The van der Waals surface area contributed by atoms with Crippen LogP contribution in [0.1, 0.15) is 43.9 Å². The molecule has 1 aromatic carbocycles. The Hall–Kier alpha value is -0.900. The fraction of sp³-hybridized carbons (Fsp3) is 0.647. The van der Waals surface area contributed by atoms with Crippen molar-refractivity contribution < 1.29 is 4.74 Å². The van der Waals surface area contributed by atoms with Gasteiger partial charge in [0.2, 0.25) is 0 Å². The fourth-order valence-electron chi connectivity index (χ4n) is 2.82. The highest BCUT2D eigenvalue weighted by Crippen LogP contribution is 2.24. The van der Waals surface area contributed by atoms with Crippen LogP contribution in [0, 0.1) is 0 Å². The number of rotatable bonds is 5. The number of nitrogens with zero attached hydrogens (tertiary/aromatic N) is 1. The Morgan fingerprint density at radius 2 is 1.85 bits per heavy atom. The quantitative estimate of drug-likeness (QED) is 0.895. The van der Waals surface area contributed by atoms with Gasteiger partial charge in [-0.25, -0.2) is 0 Å². The molecule has 20 heavy (non-hydrogen) atoms. The van der Waals surface area contributed by atoms with Crippen molar-refractivity contribution in [1.82, 2.24) is 10.2 Å². The Balaban J connectivity index is 2.00. The fourth-order valence-corrected chi connectivity index (χ4v) is 2.82. The Morgan fingerprint density at radius 1 is 1.20 bits per heavy atom. The third-order valence-electron chi connectivity index (χ3n) is 4.24. The summed E-state index contributed by atoms with van der Waals surface area (Å²) in [6, 6.07) is 9.55. The summed E-state index contributed by atoms with van der Waals surface area (Å²) in [5, 5.41) is 3.20. The SMILES string of the molecule is CNCC1CN(C(C)c2ccc(C(C)C)cc2)CCO1. The van der Waals surface area contributed by atoms with E-state index in [1.165, 1.54) is 11.1 Å². The molecule has 0 aromatic heterocycles. The molecule has 1 aromatic rings. The molecule has 112 valence electrons. The molecule has 1 N–H and O–H groups in total. The van der Waals surface area contributed by atoms with E-state index in [9.17, 15) is 0 Å². The Bertz CT molecular complexity index is 400. The minimum Gasteiger partial charge on any atom is -0.374 e. The Labute approximate surface area is 123 Å². The highest BCUT2D eigenvalue weighted by molar-refractivity contribution is 5.26. The summed E-state index contributed by atoms with van der Waals surface area (Å²) in [5.41, 5.74) is 2.82. The van der Waals surface area contributed by atoms with E-state index in [0.29, 0.717) is 18.1 Å². The summed E-state index contributed by atoms with van der Waals surface area (Å²) in [6.07, 6.45) is 0.311. The van der Waals surface area contributed by atoms with E-state index >= 15 is 0 Å². The number of hydrogen-bond acceptors (Lipinski definition) is 3. The number of benzene rings is 1. The lowest BCUT2D eigenvalue weighted by Gasteiger charge is -2.37. The van der Waals surface area contributed by atoms with Crippen molar-refractivity contribution >= 4 is 0 Å². The number of hydrogen-bond donors (Lipinski definition) is 1. The summed E-state index contributed by atoms with van der Waals surface area (Å²) in [6.45, 7) is 10.6. The van der Waals surface area contributed by atoms with E-state index < -0.39 is 0 Å². The third kappa shape index (κ3) is 3.81. The van der Waals surface area contributed by atoms with Crippen LogP contribution in [0.15, 0.2) is 24.3 Å². The van der Waals surface area contributed by atoms with Crippen LogP contribution in [-0.2, 0) is 4.74 Å². The van der Waals surface area contributed by atoms with Crippen LogP contribution >= 0.6 is 0 Å². The molecule has 3 heteroatoms. The predicted molar refractivity (Wildman–Crippen MR) is 84.2 cm³/mol. The lowest BCUT2D eigenvalue weighted by atomic mass is 9.99. The molecule has 1 aliphatic heterocycles. The zero-order chi connectivity index (χ0) is 14.5. The Kier molecular flexibility index (Phi) is 5.58. The average Bonchev–Trinajstić information content (AvgIpc) is 2.47. The molecule has 0 bridgehead atoms. The Morgan fingerprint density at radius 3 is 2.45 bits per heavy atom. The minimum atomic E-state index is 0.311. The normalized spacial score (nSPS) is 22.1. The van der Waals surface area contributed by atoms with E-state index in [4.69, 9.17) is 4.74 Å². The maximum absolute atomic E-state index is 5.78. The molecule has 0 amide bonds. The second-order valence-corrected chi connectivity index (χ2v) is 6.04. The highest BCUT2D eigenvalue weighted by atomic mass is 16.5. The van der Waals surface area contributed by atoms with Crippen LogP contribution in [0.5, 0.6) is 0 Å². The smallest absolute Gasteiger partial charge is 0.0826 e. The van der Waals surface area contributed by atoms with Crippen molar-refractivity contribution in [2.45, 2.75) is 38.8 Å². The molecule has 0 saturated carbocycles. The van der Waals surface area contributed by atoms with E-state index in [1.54, 1.807) is 0 Å². The largest absolute Gasteiger partial charge is 0.374 e. The highest BCUT2D eigenvalue weighted by Gasteiger charge is 2.24. The molecule has 0 aliphatic carbocycles. The van der Waals surface area contributed by atoms with E-state index in [-0.39, 0.29) is 0 Å². The summed E-state index contributed by atoms with van der Waals surface area (Å²) in [5.74, 6) is 0.600. The first-order valence-corrected chi connectivity index (χ1v) is 7.72. The van der Waals surface area contributed by atoms with Crippen LogP contribution < -0.4 is 5.32 Å². The van der Waals surface area contributed by atoms with E-state index in [1.807, 2.05) is 7.05 Å². The topological polar surface area (TPSA) is 24.5 Å². The van der Waals surface area contributed by atoms with Crippen LogP contribution in [0.4, 0.5) is 0 Å². The number of morpholine rings is 1. The molecular weight excluding hydrogens is 248 g/mol. The molecule has 2 unspecified atom stereocenters. The van der Waals surface area contributed by atoms with Gasteiger partial charge in [0.05, 0.1) is 12.7 Å². The van der Waals surface area contributed by atoms with Gasteiger partial charge in [-0.05, 0) is 31.0 Å². The van der Waals surface area contributed by atoms with Crippen molar-refractivity contribution in [2.24, 2.45) is 0 Å². The van der Waals surface area contributed by atoms with Gasteiger partial charge < -0.3 is 10.1 Å². The van der Waals surface area contributed by atoms with Gasteiger partial charge in [0, 0.05) is 25.7 Å². The zero-order valence-corrected chi connectivity index (χ0v) is 13.2. The average molecular weight is 276 g/mol. The molecule has 2 rings (SSSR count). The summed E-state index contributed by atoms with van der Waals surface area (Å²) < 4.78 is 5.78. The van der Waals surface area contributed by atoms with Gasteiger partial charge in [-0.1, -0.05) is 38.1 Å². The molecular formula is C17H28N2O. The minimum absolute atomic E-state index is 0.311. The summed E-state index contributed by atoms with van der Waals surface area (Å²) in [7, 11) is 1.98. The molecule has 1 saturated heterocycles.